The summed E-state index contributed by atoms with van der Waals surface area (Å²) in [5.41, 5.74) is 1.42. The number of nitrogens with zero attached hydrogens (tertiary/aromatic N) is 2. The van der Waals surface area contributed by atoms with Crippen molar-refractivity contribution in [2.75, 3.05) is 13.1 Å². The fraction of sp³-hybridized carbons (Fsp3) is 0.600. The van der Waals surface area contributed by atoms with Crippen LogP contribution in [0.2, 0.25) is 0 Å². The second-order valence-electron chi connectivity index (χ2n) is 5.78. The minimum Gasteiger partial charge on any atom is -0.339 e. The molecular weight excluding hydrogens is 270 g/mol. The molecule has 0 saturated carbocycles. The second-order valence-corrected chi connectivity index (χ2v) is 6.78. The van der Waals surface area contributed by atoms with E-state index in [4.69, 9.17) is 9.51 Å². The summed E-state index contributed by atoms with van der Waals surface area (Å²) < 4.78 is 5.60. The molecule has 2 unspecified atom stereocenters. The van der Waals surface area contributed by atoms with Gasteiger partial charge in [-0.05, 0) is 55.7 Å². The molecule has 0 bridgehead atoms. The lowest BCUT2D eigenvalue weighted by Gasteiger charge is -2.20. The first-order valence-electron chi connectivity index (χ1n) is 7.52. The van der Waals surface area contributed by atoms with Crippen LogP contribution in [0.25, 0.3) is 0 Å². The van der Waals surface area contributed by atoms with Gasteiger partial charge in [0.2, 0.25) is 5.89 Å². The summed E-state index contributed by atoms with van der Waals surface area (Å²) in [4.78, 5) is 6.22. The van der Waals surface area contributed by atoms with Crippen LogP contribution < -0.4 is 5.32 Å². The van der Waals surface area contributed by atoms with Crippen LogP contribution in [0.5, 0.6) is 0 Å². The molecule has 0 aromatic carbocycles. The van der Waals surface area contributed by atoms with Gasteiger partial charge in [0.25, 0.3) is 0 Å². The van der Waals surface area contributed by atoms with Crippen LogP contribution in [0.3, 0.4) is 0 Å². The molecule has 4 rings (SSSR count). The Morgan fingerprint density at radius 3 is 3.20 bits per heavy atom. The number of aromatic nitrogens is 2. The van der Waals surface area contributed by atoms with Crippen molar-refractivity contribution in [3.63, 3.8) is 0 Å². The van der Waals surface area contributed by atoms with E-state index in [0.29, 0.717) is 11.8 Å². The van der Waals surface area contributed by atoms with Gasteiger partial charge in [0.1, 0.15) is 0 Å². The first kappa shape index (κ1) is 12.5. The van der Waals surface area contributed by atoms with E-state index in [9.17, 15) is 0 Å². The maximum atomic E-state index is 5.60. The van der Waals surface area contributed by atoms with Crippen LogP contribution in [-0.4, -0.2) is 23.2 Å². The summed E-state index contributed by atoms with van der Waals surface area (Å²) in [5.74, 6) is 2.47. The van der Waals surface area contributed by atoms with Gasteiger partial charge in [-0.25, -0.2) is 0 Å². The van der Waals surface area contributed by atoms with E-state index in [1.807, 2.05) is 11.3 Å². The van der Waals surface area contributed by atoms with Gasteiger partial charge in [0.05, 0.1) is 5.92 Å². The molecule has 2 aliphatic rings. The Balaban J connectivity index is 1.60. The van der Waals surface area contributed by atoms with Gasteiger partial charge >= 0.3 is 0 Å². The van der Waals surface area contributed by atoms with E-state index < -0.39 is 0 Å². The normalized spacial score (nSPS) is 26.4. The van der Waals surface area contributed by atoms with Crippen molar-refractivity contribution in [1.29, 1.82) is 0 Å². The molecule has 5 heteroatoms. The van der Waals surface area contributed by atoms with Crippen molar-refractivity contribution in [2.45, 2.75) is 43.9 Å². The molecule has 20 heavy (non-hydrogen) atoms. The van der Waals surface area contributed by atoms with Crippen molar-refractivity contribution in [2.24, 2.45) is 0 Å². The third-order valence-electron chi connectivity index (χ3n) is 4.47. The van der Waals surface area contributed by atoms with E-state index in [1.54, 1.807) is 0 Å². The lowest BCUT2D eigenvalue weighted by molar-refractivity contribution is 0.343. The molecule has 2 aromatic heterocycles. The molecule has 106 valence electrons. The van der Waals surface area contributed by atoms with E-state index in [-0.39, 0.29) is 0 Å². The number of fused-ring (bicyclic) bond motifs is 1. The van der Waals surface area contributed by atoms with Gasteiger partial charge in [0.15, 0.2) is 5.82 Å². The van der Waals surface area contributed by atoms with E-state index in [1.165, 1.54) is 36.1 Å². The average Bonchev–Trinajstić information content (AvgIpc) is 3.17. The molecule has 1 N–H and O–H groups in total. The Morgan fingerprint density at radius 2 is 2.30 bits per heavy atom. The number of aryl methyl sites for hydroxylation is 1. The van der Waals surface area contributed by atoms with Gasteiger partial charge in [-0.15, -0.1) is 11.3 Å². The van der Waals surface area contributed by atoms with Crippen molar-refractivity contribution in [3.05, 3.63) is 33.6 Å². The summed E-state index contributed by atoms with van der Waals surface area (Å²) in [6, 6.07) is 2.23. The van der Waals surface area contributed by atoms with Crippen LogP contribution in [0.4, 0.5) is 0 Å². The highest BCUT2D eigenvalue weighted by molar-refractivity contribution is 7.10. The molecule has 4 nitrogen and oxygen atoms in total. The summed E-state index contributed by atoms with van der Waals surface area (Å²) in [6.07, 6.45) is 5.93. The smallest absolute Gasteiger partial charge is 0.234 e. The molecule has 1 fully saturated rings. The number of hydrogen-bond donors (Lipinski definition) is 1. The molecule has 0 spiro atoms. The molecule has 1 saturated heterocycles. The predicted octanol–water partition coefficient (Wildman–Crippen LogP) is 3.07. The number of nitrogens with one attached hydrogen (secondary N) is 1. The first-order valence-corrected chi connectivity index (χ1v) is 8.40. The van der Waals surface area contributed by atoms with Crippen molar-refractivity contribution in [1.82, 2.24) is 15.5 Å². The fourth-order valence-corrected chi connectivity index (χ4v) is 4.36. The molecule has 1 aliphatic carbocycles. The number of piperidine rings is 1. The zero-order valence-corrected chi connectivity index (χ0v) is 12.3. The summed E-state index contributed by atoms with van der Waals surface area (Å²) in [5, 5.41) is 9.85. The van der Waals surface area contributed by atoms with Crippen LogP contribution in [-0.2, 0) is 6.42 Å². The van der Waals surface area contributed by atoms with Crippen molar-refractivity contribution in [3.8, 4) is 0 Å². The summed E-state index contributed by atoms with van der Waals surface area (Å²) in [7, 11) is 0. The minimum atomic E-state index is 0.322. The number of thiophene rings is 1. The molecule has 0 amide bonds. The zero-order chi connectivity index (χ0) is 13.4. The van der Waals surface area contributed by atoms with Crippen molar-refractivity contribution < 1.29 is 4.52 Å². The standard InChI is InChI=1S/C15H19N3OS/c1-4-12(11-6-8-20-13(11)5-1)15-17-14(18-19-15)10-3-2-7-16-9-10/h6,8,10,12,16H,1-5,7,9H2. The van der Waals surface area contributed by atoms with Crippen LogP contribution in [0, 0.1) is 0 Å². The zero-order valence-electron chi connectivity index (χ0n) is 11.5. The van der Waals surface area contributed by atoms with Crippen LogP contribution in [0.1, 0.15) is 59.7 Å². The number of rotatable bonds is 2. The predicted molar refractivity (Wildman–Crippen MR) is 78.2 cm³/mol. The Hall–Kier alpha value is -1.20. The highest BCUT2D eigenvalue weighted by atomic mass is 32.1. The second kappa shape index (κ2) is 5.30. The first-order chi connectivity index (χ1) is 9.92. The topological polar surface area (TPSA) is 51.0 Å². The Labute approximate surface area is 122 Å². The van der Waals surface area contributed by atoms with Gasteiger partial charge in [-0.2, -0.15) is 4.98 Å². The van der Waals surface area contributed by atoms with Gasteiger partial charge in [-0.3, -0.25) is 0 Å². The van der Waals surface area contributed by atoms with Gasteiger partial charge < -0.3 is 9.84 Å². The molecule has 1 aliphatic heterocycles. The highest BCUT2D eigenvalue weighted by Crippen LogP contribution is 2.38. The SMILES string of the molecule is c1cc2c(s1)CCCC2c1nc(C2CCCNC2)no1. The van der Waals surface area contributed by atoms with E-state index in [2.05, 4.69) is 21.9 Å². The number of hydrogen-bond acceptors (Lipinski definition) is 5. The highest BCUT2D eigenvalue weighted by Gasteiger charge is 2.29. The third-order valence-corrected chi connectivity index (χ3v) is 5.47. The lowest BCUT2D eigenvalue weighted by atomic mass is 9.87. The van der Waals surface area contributed by atoms with Crippen LogP contribution in [0.15, 0.2) is 16.0 Å². The lowest BCUT2D eigenvalue weighted by Crippen LogP contribution is -2.28. The third kappa shape index (κ3) is 2.19. The fourth-order valence-electron chi connectivity index (χ4n) is 3.37. The van der Waals surface area contributed by atoms with E-state index >= 15 is 0 Å². The van der Waals surface area contributed by atoms with Crippen molar-refractivity contribution >= 4 is 11.3 Å². The van der Waals surface area contributed by atoms with Gasteiger partial charge in [0, 0.05) is 17.3 Å². The average molecular weight is 289 g/mol. The monoisotopic (exact) mass is 289 g/mol. The Bertz CT molecular complexity index is 585. The quantitative estimate of drug-likeness (QED) is 0.923. The molecule has 0 radical (unpaired) electrons. The minimum absolute atomic E-state index is 0.322. The van der Waals surface area contributed by atoms with E-state index in [0.717, 1.165) is 31.2 Å². The van der Waals surface area contributed by atoms with Gasteiger partial charge in [-0.1, -0.05) is 5.16 Å². The largest absolute Gasteiger partial charge is 0.339 e. The van der Waals surface area contributed by atoms with Crippen LogP contribution >= 0.6 is 11.3 Å². The summed E-state index contributed by atoms with van der Waals surface area (Å²) in [6.45, 7) is 2.09. The molecule has 2 atom stereocenters. The molecule has 3 heterocycles. The molecular formula is C15H19N3OS. The maximum Gasteiger partial charge on any atom is 0.234 e. The Morgan fingerprint density at radius 1 is 1.30 bits per heavy atom. The summed E-state index contributed by atoms with van der Waals surface area (Å²) >= 11 is 1.86. The Kier molecular flexibility index (Phi) is 3.32. The maximum absolute atomic E-state index is 5.60. The molecule has 2 aromatic rings.